The molecule has 29 heavy (non-hydrogen) atoms. The van der Waals surface area contributed by atoms with E-state index in [0.717, 1.165) is 27.9 Å². The Balaban J connectivity index is 1.52. The van der Waals surface area contributed by atoms with Crippen LogP contribution in [0.1, 0.15) is 18.4 Å². The molecule has 6 heteroatoms. The number of hydrogen-bond donors (Lipinski definition) is 2. The normalized spacial score (nSPS) is 11.0. The van der Waals surface area contributed by atoms with E-state index < -0.39 is 0 Å². The van der Waals surface area contributed by atoms with Gasteiger partial charge in [0.1, 0.15) is 5.82 Å². The molecule has 0 saturated carbocycles. The average molecular weight is 408 g/mol. The van der Waals surface area contributed by atoms with Crippen molar-refractivity contribution in [3.63, 3.8) is 0 Å². The van der Waals surface area contributed by atoms with E-state index >= 15 is 0 Å². The van der Waals surface area contributed by atoms with Gasteiger partial charge in [-0.3, -0.25) is 9.78 Å². The van der Waals surface area contributed by atoms with Gasteiger partial charge in [0.25, 0.3) is 0 Å². The quantitative estimate of drug-likeness (QED) is 0.412. The third kappa shape index (κ3) is 4.46. The van der Waals surface area contributed by atoms with Crippen LogP contribution >= 0.6 is 11.6 Å². The maximum atomic E-state index is 13.8. The number of pyridine rings is 1. The van der Waals surface area contributed by atoms with Crippen LogP contribution in [0.2, 0.25) is 5.02 Å². The number of halogens is 2. The Hall–Kier alpha value is -3.18. The maximum absolute atomic E-state index is 13.8. The van der Waals surface area contributed by atoms with E-state index in [1.165, 1.54) is 12.1 Å². The fourth-order valence-corrected chi connectivity index (χ4v) is 3.61. The van der Waals surface area contributed by atoms with Gasteiger partial charge in [0.15, 0.2) is 0 Å². The number of benzene rings is 2. The van der Waals surface area contributed by atoms with Gasteiger partial charge in [-0.2, -0.15) is 0 Å². The lowest BCUT2D eigenvalue weighted by Crippen LogP contribution is -2.11. The molecule has 2 aromatic carbocycles. The van der Waals surface area contributed by atoms with Crippen LogP contribution in [0, 0.1) is 5.82 Å². The summed E-state index contributed by atoms with van der Waals surface area (Å²) in [6, 6.07) is 17.4. The molecule has 0 unspecified atom stereocenters. The van der Waals surface area contributed by atoms with E-state index in [0.29, 0.717) is 30.0 Å². The molecule has 1 amide bonds. The Morgan fingerprint density at radius 3 is 2.79 bits per heavy atom. The van der Waals surface area contributed by atoms with Crippen LogP contribution in [0.3, 0.4) is 0 Å². The van der Waals surface area contributed by atoms with Crippen molar-refractivity contribution >= 4 is 34.1 Å². The molecule has 0 bridgehead atoms. The van der Waals surface area contributed by atoms with Gasteiger partial charge in [0, 0.05) is 34.2 Å². The number of rotatable bonds is 6. The van der Waals surface area contributed by atoms with E-state index in [-0.39, 0.29) is 11.7 Å². The number of aromatic amines is 1. The van der Waals surface area contributed by atoms with Gasteiger partial charge >= 0.3 is 0 Å². The van der Waals surface area contributed by atoms with E-state index in [1.807, 2.05) is 18.2 Å². The number of fused-ring (bicyclic) bond motifs is 1. The number of nitrogens with one attached hydrogen (secondary N) is 2. The van der Waals surface area contributed by atoms with E-state index in [2.05, 4.69) is 15.3 Å². The van der Waals surface area contributed by atoms with Crippen molar-refractivity contribution in [3.8, 4) is 11.4 Å². The average Bonchev–Trinajstić information content (AvgIpc) is 3.06. The monoisotopic (exact) mass is 407 g/mol. The lowest BCUT2D eigenvalue weighted by Gasteiger charge is -2.07. The van der Waals surface area contributed by atoms with Crippen molar-refractivity contribution in [2.45, 2.75) is 19.3 Å². The van der Waals surface area contributed by atoms with Gasteiger partial charge in [-0.15, -0.1) is 0 Å². The molecular weight excluding hydrogens is 389 g/mol. The Morgan fingerprint density at radius 1 is 1.10 bits per heavy atom. The van der Waals surface area contributed by atoms with Crippen LogP contribution in [-0.4, -0.2) is 15.9 Å². The van der Waals surface area contributed by atoms with Crippen molar-refractivity contribution in [1.29, 1.82) is 0 Å². The summed E-state index contributed by atoms with van der Waals surface area (Å²) in [6.45, 7) is 0. The SMILES string of the molecule is O=C(CCCc1c(-c2ccccn2)[nH]c2ccc(F)cc12)Nc1cccc(Cl)c1. The van der Waals surface area contributed by atoms with Crippen LogP contribution in [0.4, 0.5) is 10.1 Å². The first kappa shape index (κ1) is 19.2. The zero-order valence-corrected chi connectivity index (χ0v) is 16.3. The molecule has 2 N–H and O–H groups in total. The highest BCUT2D eigenvalue weighted by Crippen LogP contribution is 2.31. The van der Waals surface area contributed by atoms with Gasteiger partial charge in [-0.25, -0.2) is 4.39 Å². The zero-order chi connectivity index (χ0) is 20.2. The number of anilines is 1. The molecule has 0 aliphatic rings. The van der Waals surface area contributed by atoms with Crippen molar-refractivity contribution in [3.05, 3.63) is 83.3 Å². The number of H-pyrrole nitrogens is 1. The molecule has 0 aliphatic carbocycles. The largest absolute Gasteiger partial charge is 0.353 e. The molecule has 0 aliphatic heterocycles. The van der Waals surface area contributed by atoms with Crippen LogP contribution in [-0.2, 0) is 11.2 Å². The predicted molar refractivity (Wildman–Crippen MR) is 115 cm³/mol. The number of hydrogen-bond acceptors (Lipinski definition) is 2. The lowest BCUT2D eigenvalue weighted by molar-refractivity contribution is -0.116. The molecular formula is C23H19ClFN3O. The lowest BCUT2D eigenvalue weighted by atomic mass is 10.0. The van der Waals surface area contributed by atoms with Gasteiger partial charge in [-0.05, 0) is 66.9 Å². The second kappa shape index (κ2) is 8.45. The summed E-state index contributed by atoms with van der Waals surface area (Å²) in [7, 11) is 0. The number of aryl methyl sites for hydroxylation is 1. The van der Waals surface area contributed by atoms with Crippen LogP contribution in [0.15, 0.2) is 66.9 Å². The Bertz CT molecular complexity index is 1160. The molecule has 0 spiro atoms. The molecule has 0 atom stereocenters. The van der Waals surface area contributed by atoms with Gasteiger partial charge in [-0.1, -0.05) is 23.7 Å². The van der Waals surface area contributed by atoms with Crippen LogP contribution < -0.4 is 5.32 Å². The highest BCUT2D eigenvalue weighted by molar-refractivity contribution is 6.30. The standard InChI is InChI=1S/C23H19ClFN3O/c24-15-5-3-6-17(13-15)27-22(29)9-4-7-18-19-14-16(25)10-11-20(19)28-23(18)21-8-1-2-12-26-21/h1-3,5-6,8,10-14,28H,4,7,9H2,(H,27,29). The Labute approximate surface area is 172 Å². The fraction of sp³-hybridized carbons (Fsp3) is 0.130. The molecule has 0 radical (unpaired) electrons. The number of amides is 1. The highest BCUT2D eigenvalue weighted by Gasteiger charge is 2.15. The molecule has 4 nitrogen and oxygen atoms in total. The smallest absolute Gasteiger partial charge is 0.224 e. The molecule has 4 aromatic rings. The third-order valence-corrected chi connectivity index (χ3v) is 4.96. The molecule has 0 fully saturated rings. The van der Waals surface area contributed by atoms with Crippen LogP contribution in [0.25, 0.3) is 22.3 Å². The predicted octanol–water partition coefficient (Wildman–Crippen LogP) is 5.98. The van der Waals surface area contributed by atoms with Crippen LogP contribution in [0.5, 0.6) is 0 Å². The number of carbonyl (C=O) groups excluding carboxylic acids is 1. The summed E-state index contributed by atoms with van der Waals surface area (Å²) in [5.41, 5.74) is 4.15. The summed E-state index contributed by atoms with van der Waals surface area (Å²) >= 11 is 5.95. The molecule has 0 saturated heterocycles. The topological polar surface area (TPSA) is 57.8 Å². The zero-order valence-electron chi connectivity index (χ0n) is 15.6. The maximum Gasteiger partial charge on any atom is 0.224 e. The van der Waals surface area contributed by atoms with Gasteiger partial charge in [0.05, 0.1) is 11.4 Å². The Kier molecular flexibility index (Phi) is 5.58. The second-order valence-corrected chi connectivity index (χ2v) is 7.23. The number of carbonyl (C=O) groups is 1. The van der Waals surface area contributed by atoms with Gasteiger partial charge < -0.3 is 10.3 Å². The highest BCUT2D eigenvalue weighted by atomic mass is 35.5. The molecule has 146 valence electrons. The Morgan fingerprint density at radius 2 is 2.00 bits per heavy atom. The van der Waals surface area contributed by atoms with Gasteiger partial charge in [0.2, 0.25) is 5.91 Å². The summed E-state index contributed by atoms with van der Waals surface area (Å²) in [6.07, 6.45) is 3.31. The van der Waals surface area contributed by atoms with Crippen molar-refractivity contribution < 1.29 is 9.18 Å². The van der Waals surface area contributed by atoms with E-state index in [1.54, 1.807) is 36.5 Å². The van der Waals surface area contributed by atoms with E-state index in [9.17, 15) is 9.18 Å². The fourth-order valence-electron chi connectivity index (χ4n) is 3.42. The first-order valence-electron chi connectivity index (χ1n) is 9.37. The number of aromatic nitrogens is 2. The summed E-state index contributed by atoms with van der Waals surface area (Å²) in [4.78, 5) is 20.1. The molecule has 2 heterocycles. The molecule has 2 aromatic heterocycles. The van der Waals surface area contributed by atoms with Crippen molar-refractivity contribution in [1.82, 2.24) is 9.97 Å². The first-order chi connectivity index (χ1) is 14.1. The number of nitrogens with zero attached hydrogens (tertiary/aromatic N) is 1. The first-order valence-corrected chi connectivity index (χ1v) is 9.75. The van der Waals surface area contributed by atoms with E-state index in [4.69, 9.17) is 11.6 Å². The summed E-state index contributed by atoms with van der Waals surface area (Å²) in [5, 5.41) is 4.24. The summed E-state index contributed by atoms with van der Waals surface area (Å²) < 4.78 is 13.8. The van der Waals surface area contributed by atoms with Crippen molar-refractivity contribution in [2.24, 2.45) is 0 Å². The molecule has 4 rings (SSSR count). The third-order valence-electron chi connectivity index (χ3n) is 4.73. The van der Waals surface area contributed by atoms with Crippen molar-refractivity contribution in [2.75, 3.05) is 5.32 Å². The summed E-state index contributed by atoms with van der Waals surface area (Å²) in [5.74, 6) is -0.373. The minimum Gasteiger partial charge on any atom is -0.353 e. The minimum absolute atomic E-state index is 0.0855. The second-order valence-electron chi connectivity index (χ2n) is 6.80. The minimum atomic E-state index is -0.288.